The number of hydrogen-bond acceptors (Lipinski definition) is 3. The molecule has 0 aliphatic rings. The van der Waals surface area contributed by atoms with E-state index in [2.05, 4.69) is 33.5 Å². The molecule has 1 aromatic rings. The molecule has 3 nitrogen and oxygen atoms in total. The van der Waals surface area contributed by atoms with Crippen molar-refractivity contribution in [2.45, 2.75) is 26.2 Å². The highest BCUT2D eigenvalue weighted by molar-refractivity contribution is 9.11. The van der Waals surface area contributed by atoms with Crippen LogP contribution in [0.5, 0.6) is 0 Å². The van der Waals surface area contributed by atoms with Crippen molar-refractivity contribution in [3.63, 3.8) is 0 Å². The number of nitrogens with one attached hydrogen (secondary N) is 2. The van der Waals surface area contributed by atoms with Crippen LogP contribution in [0, 0.1) is 0 Å². The molecule has 0 aliphatic heterocycles. The van der Waals surface area contributed by atoms with Gasteiger partial charge in [-0.3, -0.25) is 4.79 Å². The molecule has 0 spiro atoms. The molecule has 1 atom stereocenters. The molecule has 104 valence electrons. The van der Waals surface area contributed by atoms with E-state index in [0.717, 1.165) is 28.2 Å². The Morgan fingerprint density at radius 2 is 2.11 bits per heavy atom. The zero-order valence-corrected chi connectivity index (χ0v) is 13.9. The molecule has 0 aliphatic carbocycles. The van der Waals surface area contributed by atoms with Gasteiger partial charge in [0.15, 0.2) is 0 Å². The SMILES string of the molecule is CCCNCCNC(=O)C(C)c1ccc(Br)s1.Cl. The molecule has 18 heavy (non-hydrogen) atoms. The number of carbonyl (C=O) groups is 1. The second-order valence-electron chi connectivity index (χ2n) is 3.90. The summed E-state index contributed by atoms with van der Waals surface area (Å²) in [7, 11) is 0. The van der Waals surface area contributed by atoms with Crippen LogP contribution in [-0.4, -0.2) is 25.5 Å². The number of carbonyl (C=O) groups excluding carboxylic acids is 1. The summed E-state index contributed by atoms with van der Waals surface area (Å²) < 4.78 is 1.07. The maximum absolute atomic E-state index is 11.8. The van der Waals surface area contributed by atoms with Gasteiger partial charge >= 0.3 is 0 Å². The largest absolute Gasteiger partial charge is 0.354 e. The van der Waals surface area contributed by atoms with Crippen LogP contribution in [0.2, 0.25) is 0 Å². The fourth-order valence-electron chi connectivity index (χ4n) is 1.42. The number of thiophene rings is 1. The van der Waals surface area contributed by atoms with Gasteiger partial charge in [0, 0.05) is 18.0 Å². The first kappa shape index (κ1) is 17.9. The van der Waals surface area contributed by atoms with E-state index in [0.29, 0.717) is 6.54 Å². The summed E-state index contributed by atoms with van der Waals surface area (Å²) in [5, 5.41) is 6.19. The van der Waals surface area contributed by atoms with Crippen molar-refractivity contribution >= 4 is 45.6 Å². The van der Waals surface area contributed by atoms with Gasteiger partial charge in [0.05, 0.1) is 9.70 Å². The van der Waals surface area contributed by atoms with Crippen molar-refractivity contribution in [1.29, 1.82) is 0 Å². The standard InChI is InChI=1S/C12H19BrN2OS.ClH/c1-3-6-14-7-8-15-12(16)9(2)10-4-5-11(13)17-10;/h4-5,9,14H,3,6-8H2,1-2H3,(H,15,16);1H. The van der Waals surface area contributed by atoms with Crippen molar-refractivity contribution < 1.29 is 4.79 Å². The lowest BCUT2D eigenvalue weighted by Gasteiger charge is -2.10. The Bertz CT molecular complexity index is 360. The minimum atomic E-state index is -0.0718. The van der Waals surface area contributed by atoms with Crippen LogP contribution < -0.4 is 10.6 Å². The summed E-state index contributed by atoms with van der Waals surface area (Å²) >= 11 is 5.02. The van der Waals surface area contributed by atoms with E-state index in [1.54, 1.807) is 11.3 Å². The van der Waals surface area contributed by atoms with Gasteiger partial charge in [0.25, 0.3) is 0 Å². The van der Waals surface area contributed by atoms with Gasteiger partial charge in [-0.2, -0.15) is 0 Å². The first-order chi connectivity index (χ1) is 8.15. The van der Waals surface area contributed by atoms with E-state index in [9.17, 15) is 4.79 Å². The third kappa shape index (κ3) is 6.18. The summed E-state index contributed by atoms with van der Waals surface area (Å²) in [6.45, 7) is 6.59. The zero-order valence-electron chi connectivity index (χ0n) is 10.7. The Morgan fingerprint density at radius 1 is 1.39 bits per heavy atom. The first-order valence-electron chi connectivity index (χ1n) is 5.88. The van der Waals surface area contributed by atoms with Crippen molar-refractivity contribution in [3.8, 4) is 0 Å². The highest BCUT2D eigenvalue weighted by atomic mass is 79.9. The normalized spacial score (nSPS) is 11.7. The minimum Gasteiger partial charge on any atom is -0.354 e. The smallest absolute Gasteiger partial charge is 0.228 e. The lowest BCUT2D eigenvalue weighted by atomic mass is 10.1. The van der Waals surface area contributed by atoms with E-state index in [1.807, 2.05) is 19.1 Å². The van der Waals surface area contributed by atoms with Crippen LogP contribution in [0.1, 0.15) is 31.1 Å². The minimum absolute atomic E-state index is 0. The van der Waals surface area contributed by atoms with Crippen molar-refractivity contribution in [2.24, 2.45) is 0 Å². The highest BCUT2D eigenvalue weighted by Crippen LogP contribution is 2.28. The summed E-state index contributed by atoms with van der Waals surface area (Å²) in [4.78, 5) is 12.9. The van der Waals surface area contributed by atoms with Crippen molar-refractivity contribution in [2.75, 3.05) is 19.6 Å². The van der Waals surface area contributed by atoms with E-state index in [4.69, 9.17) is 0 Å². The van der Waals surface area contributed by atoms with Crippen LogP contribution in [0.15, 0.2) is 15.9 Å². The fraction of sp³-hybridized carbons (Fsp3) is 0.583. The molecular formula is C12H20BrClN2OS. The molecule has 6 heteroatoms. The van der Waals surface area contributed by atoms with Crippen LogP contribution in [0.3, 0.4) is 0 Å². The van der Waals surface area contributed by atoms with E-state index >= 15 is 0 Å². The molecule has 2 N–H and O–H groups in total. The Balaban J connectivity index is 0.00000289. The molecule has 0 saturated carbocycles. The van der Waals surface area contributed by atoms with Crippen LogP contribution >= 0.6 is 39.7 Å². The number of amides is 1. The van der Waals surface area contributed by atoms with E-state index < -0.39 is 0 Å². The van der Waals surface area contributed by atoms with Crippen molar-refractivity contribution in [1.82, 2.24) is 10.6 Å². The maximum Gasteiger partial charge on any atom is 0.228 e. The number of halogens is 2. The lowest BCUT2D eigenvalue weighted by Crippen LogP contribution is -2.34. The molecule has 0 fully saturated rings. The third-order valence-corrected chi connectivity index (χ3v) is 4.25. The monoisotopic (exact) mass is 354 g/mol. The second-order valence-corrected chi connectivity index (χ2v) is 6.40. The molecule has 1 aromatic heterocycles. The fourth-order valence-corrected chi connectivity index (χ4v) is 2.89. The quantitative estimate of drug-likeness (QED) is 0.738. The molecule has 1 heterocycles. The molecule has 0 radical (unpaired) electrons. The molecule has 1 amide bonds. The summed E-state index contributed by atoms with van der Waals surface area (Å²) in [5.74, 6) is 0.0233. The first-order valence-corrected chi connectivity index (χ1v) is 7.49. The maximum atomic E-state index is 11.8. The summed E-state index contributed by atoms with van der Waals surface area (Å²) in [6, 6.07) is 3.97. The van der Waals surface area contributed by atoms with Gasteiger partial charge in [-0.1, -0.05) is 6.92 Å². The zero-order chi connectivity index (χ0) is 12.7. The van der Waals surface area contributed by atoms with Crippen LogP contribution in [0.25, 0.3) is 0 Å². The van der Waals surface area contributed by atoms with Gasteiger partial charge in [0.2, 0.25) is 5.91 Å². The molecule has 0 saturated heterocycles. The second kappa shape index (κ2) is 9.78. The predicted octanol–water partition coefficient (Wildman–Crippen LogP) is 3.15. The number of rotatable bonds is 7. The Kier molecular flexibility index (Phi) is 9.73. The Labute approximate surface area is 127 Å². The van der Waals surface area contributed by atoms with E-state index in [-0.39, 0.29) is 24.2 Å². The molecule has 1 unspecified atom stereocenters. The highest BCUT2D eigenvalue weighted by Gasteiger charge is 2.16. The van der Waals surface area contributed by atoms with E-state index in [1.165, 1.54) is 0 Å². The summed E-state index contributed by atoms with van der Waals surface area (Å²) in [5.41, 5.74) is 0. The van der Waals surface area contributed by atoms with Crippen LogP contribution in [0.4, 0.5) is 0 Å². The molecular weight excluding hydrogens is 336 g/mol. The Morgan fingerprint density at radius 3 is 2.67 bits per heavy atom. The molecule has 0 aromatic carbocycles. The lowest BCUT2D eigenvalue weighted by molar-refractivity contribution is -0.122. The predicted molar refractivity (Wildman–Crippen MR) is 83.9 cm³/mol. The molecule has 0 bridgehead atoms. The van der Waals surface area contributed by atoms with Gasteiger partial charge in [-0.05, 0) is 48.0 Å². The van der Waals surface area contributed by atoms with Gasteiger partial charge < -0.3 is 10.6 Å². The third-order valence-electron chi connectivity index (χ3n) is 2.44. The average Bonchev–Trinajstić information content (AvgIpc) is 2.74. The van der Waals surface area contributed by atoms with Gasteiger partial charge in [-0.25, -0.2) is 0 Å². The molecule has 1 rings (SSSR count). The van der Waals surface area contributed by atoms with Crippen molar-refractivity contribution in [3.05, 3.63) is 20.8 Å². The number of hydrogen-bond donors (Lipinski definition) is 2. The summed E-state index contributed by atoms with van der Waals surface area (Å²) in [6.07, 6.45) is 1.12. The van der Waals surface area contributed by atoms with Gasteiger partial charge in [-0.15, -0.1) is 23.7 Å². The van der Waals surface area contributed by atoms with Crippen LogP contribution in [-0.2, 0) is 4.79 Å². The topological polar surface area (TPSA) is 41.1 Å². The van der Waals surface area contributed by atoms with Gasteiger partial charge in [0.1, 0.15) is 0 Å². The average molecular weight is 356 g/mol. The Hall–Kier alpha value is -0.100.